The summed E-state index contributed by atoms with van der Waals surface area (Å²) >= 11 is 0. The first kappa shape index (κ1) is 14.6. The van der Waals surface area contributed by atoms with Gasteiger partial charge in [0.25, 0.3) is 5.56 Å². The Morgan fingerprint density at radius 1 is 1.26 bits per heavy atom. The van der Waals surface area contributed by atoms with Gasteiger partial charge in [-0.15, -0.1) is 0 Å². The van der Waals surface area contributed by atoms with E-state index in [0.717, 1.165) is 0 Å². The van der Waals surface area contributed by atoms with Crippen molar-refractivity contribution >= 4 is 5.95 Å². The van der Waals surface area contributed by atoms with E-state index in [1.165, 1.54) is 37.6 Å². The summed E-state index contributed by atoms with van der Waals surface area (Å²) in [6.07, 6.45) is 1.47. The highest BCUT2D eigenvalue weighted by Crippen LogP contribution is 2.31. The van der Waals surface area contributed by atoms with Crippen LogP contribution in [0.25, 0.3) is 22.5 Å². The molecule has 0 fully saturated rings. The smallest absolute Gasteiger partial charge is 0.264 e. The molecular weight excluding hydrogens is 301 g/mol. The van der Waals surface area contributed by atoms with Gasteiger partial charge in [-0.1, -0.05) is 0 Å². The number of nitrogen functional groups attached to an aromatic ring is 1. The fourth-order valence-corrected chi connectivity index (χ4v) is 2.11. The van der Waals surface area contributed by atoms with Gasteiger partial charge >= 0.3 is 0 Å². The zero-order valence-electron chi connectivity index (χ0n) is 12.1. The van der Waals surface area contributed by atoms with Crippen LogP contribution >= 0.6 is 0 Å². The Morgan fingerprint density at radius 2 is 2.09 bits per heavy atom. The Labute approximate surface area is 130 Å². The molecule has 0 radical (unpaired) electrons. The Morgan fingerprint density at radius 3 is 2.74 bits per heavy atom. The average molecular weight is 313 g/mol. The van der Waals surface area contributed by atoms with Crippen molar-refractivity contribution in [2.24, 2.45) is 0 Å². The number of anilines is 1. The zero-order valence-corrected chi connectivity index (χ0v) is 12.1. The number of aromatic nitrogens is 4. The molecule has 2 heterocycles. The van der Waals surface area contributed by atoms with Crippen molar-refractivity contribution in [3.8, 4) is 28.3 Å². The molecule has 0 unspecified atom stereocenters. The van der Waals surface area contributed by atoms with E-state index in [2.05, 4.69) is 20.2 Å². The van der Waals surface area contributed by atoms with Crippen LogP contribution in [0.5, 0.6) is 5.75 Å². The van der Waals surface area contributed by atoms with E-state index in [1.54, 1.807) is 6.07 Å². The summed E-state index contributed by atoms with van der Waals surface area (Å²) in [4.78, 5) is 19.2. The lowest BCUT2D eigenvalue weighted by molar-refractivity contribution is 0.386. The maximum absolute atomic E-state index is 14.0. The third kappa shape index (κ3) is 2.86. The van der Waals surface area contributed by atoms with Crippen molar-refractivity contribution in [3.05, 3.63) is 52.7 Å². The van der Waals surface area contributed by atoms with Gasteiger partial charge in [-0.2, -0.15) is 5.10 Å². The molecule has 116 valence electrons. The summed E-state index contributed by atoms with van der Waals surface area (Å²) < 4.78 is 18.9. The van der Waals surface area contributed by atoms with E-state index < -0.39 is 5.82 Å². The first-order chi connectivity index (χ1) is 11.1. The van der Waals surface area contributed by atoms with E-state index in [1.807, 2.05) is 0 Å². The van der Waals surface area contributed by atoms with Crippen molar-refractivity contribution in [3.63, 3.8) is 0 Å². The molecule has 0 aliphatic heterocycles. The number of H-pyrrole nitrogens is 1. The van der Waals surface area contributed by atoms with Crippen molar-refractivity contribution < 1.29 is 9.13 Å². The normalized spacial score (nSPS) is 10.5. The lowest BCUT2D eigenvalue weighted by atomic mass is 10.0. The number of nitrogens with zero attached hydrogens (tertiary/aromatic N) is 3. The molecule has 0 amide bonds. The number of hydrogen-bond acceptors (Lipinski definition) is 6. The summed E-state index contributed by atoms with van der Waals surface area (Å²) in [5.41, 5.74) is 7.15. The molecule has 2 aromatic heterocycles. The quantitative estimate of drug-likeness (QED) is 0.761. The van der Waals surface area contributed by atoms with Gasteiger partial charge in [0.1, 0.15) is 0 Å². The minimum Gasteiger partial charge on any atom is -0.494 e. The molecule has 0 aliphatic carbocycles. The van der Waals surface area contributed by atoms with Crippen LogP contribution in [0.2, 0.25) is 0 Å². The first-order valence-corrected chi connectivity index (χ1v) is 6.61. The number of aromatic amines is 1. The van der Waals surface area contributed by atoms with E-state index in [0.29, 0.717) is 22.5 Å². The van der Waals surface area contributed by atoms with Crippen LogP contribution in [0.1, 0.15) is 0 Å². The van der Waals surface area contributed by atoms with Gasteiger partial charge in [0.2, 0.25) is 5.95 Å². The third-order valence-electron chi connectivity index (χ3n) is 3.19. The Bertz CT molecular complexity index is 905. The summed E-state index contributed by atoms with van der Waals surface area (Å²) in [6.45, 7) is 0. The SMILES string of the molecule is COc1ccc(-c2nc(N)ncc2-c2ccc(=O)[nH]n2)cc1F. The summed E-state index contributed by atoms with van der Waals surface area (Å²) in [7, 11) is 1.39. The maximum atomic E-state index is 14.0. The Hall–Kier alpha value is -3.29. The van der Waals surface area contributed by atoms with Gasteiger partial charge in [-0.05, 0) is 24.3 Å². The van der Waals surface area contributed by atoms with Crippen LogP contribution in [0.15, 0.2) is 41.3 Å². The highest BCUT2D eigenvalue weighted by Gasteiger charge is 2.14. The summed E-state index contributed by atoms with van der Waals surface area (Å²) in [5.74, 6) is -0.355. The largest absolute Gasteiger partial charge is 0.494 e. The molecule has 23 heavy (non-hydrogen) atoms. The number of ether oxygens (including phenoxy) is 1. The molecule has 3 N–H and O–H groups in total. The molecule has 0 spiro atoms. The lowest BCUT2D eigenvalue weighted by Crippen LogP contribution is -2.07. The van der Waals surface area contributed by atoms with Gasteiger partial charge in [0, 0.05) is 23.4 Å². The van der Waals surface area contributed by atoms with E-state index in [4.69, 9.17) is 10.5 Å². The van der Waals surface area contributed by atoms with Crippen LogP contribution in [-0.2, 0) is 0 Å². The standard InChI is InChI=1S/C15H12FN5O2/c1-23-12-4-2-8(6-10(12)16)14-9(7-18-15(17)19-14)11-3-5-13(22)21-20-11/h2-7H,1H3,(H,21,22)(H2,17,18,19). The molecule has 7 nitrogen and oxygen atoms in total. The van der Waals surface area contributed by atoms with Crippen molar-refractivity contribution in [1.29, 1.82) is 0 Å². The summed E-state index contributed by atoms with van der Waals surface area (Å²) in [5, 5.41) is 6.28. The second-order valence-electron chi connectivity index (χ2n) is 4.65. The van der Waals surface area contributed by atoms with Crippen molar-refractivity contribution in [2.75, 3.05) is 12.8 Å². The van der Waals surface area contributed by atoms with Crippen LogP contribution in [-0.4, -0.2) is 27.3 Å². The molecule has 0 aliphatic rings. The van der Waals surface area contributed by atoms with Gasteiger partial charge < -0.3 is 10.5 Å². The Balaban J connectivity index is 2.18. The van der Waals surface area contributed by atoms with Crippen LogP contribution in [0.3, 0.4) is 0 Å². The molecule has 1 aromatic carbocycles. The van der Waals surface area contributed by atoms with E-state index >= 15 is 0 Å². The fourth-order valence-electron chi connectivity index (χ4n) is 2.11. The van der Waals surface area contributed by atoms with Crippen molar-refractivity contribution in [1.82, 2.24) is 20.2 Å². The monoisotopic (exact) mass is 313 g/mol. The highest BCUT2D eigenvalue weighted by molar-refractivity contribution is 5.79. The Kier molecular flexibility index (Phi) is 3.71. The molecule has 0 atom stereocenters. The zero-order chi connectivity index (χ0) is 16.4. The maximum Gasteiger partial charge on any atom is 0.264 e. The molecule has 0 saturated heterocycles. The van der Waals surface area contributed by atoms with Gasteiger partial charge in [-0.25, -0.2) is 19.5 Å². The van der Waals surface area contributed by atoms with Crippen LogP contribution in [0.4, 0.5) is 10.3 Å². The van der Waals surface area contributed by atoms with Crippen LogP contribution < -0.4 is 16.0 Å². The summed E-state index contributed by atoms with van der Waals surface area (Å²) in [6, 6.07) is 7.29. The highest BCUT2D eigenvalue weighted by atomic mass is 19.1. The average Bonchev–Trinajstić information content (AvgIpc) is 2.55. The fraction of sp³-hybridized carbons (Fsp3) is 0.0667. The number of benzene rings is 1. The third-order valence-corrected chi connectivity index (χ3v) is 3.19. The molecule has 0 saturated carbocycles. The minimum atomic E-state index is -0.525. The molecular formula is C15H12FN5O2. The van der Waals surface area contributed by atoms with Gasteiger partial charge in [0.15, 0.2) is 11.6 Å². The molecule has 0 bridgehead atoms. The number of halogens is 1. The molecule has 3 rings (SSSR count). The lowest BCUT2D eigenvalue weighted by Gasteiger charge is -2.09. The number of nitrogens with two attached hydrogens (primary N) is 1. The molecule has 8 heteroatoms. The predicted molar refractivity (Wildman–Crippen MR) is 82.2 cm³/mol. The van der Waals surface area contributed by atoms with Gasteiger partial charge in [0.05, 0.1) is 18.5 Å². The number of hydrogen-bond donors (Lipinski definition) is 2. The second-order valence-corrected chi connectivity index (χ2v) is 4.65. The van der Waals surface area contributed by atoms with Crippen molar-refractivity contribution in [2.45, 2.75) is 0 Å². The topological polar surface area (TPSA) is 107 Å². The van der Waals surface area contributed by atoms with E-state index in [-0.39, 0.29) is 17.3 Å². The van der Waals surface area contributed by atoms with Gasteiger partial charge in [-0.3, -0.25) is 4.79 Å². The van der Waals surface area contributed by atoms with E-state index in [9.17, 15) is 9.18 Å². The van der Waals surface area contributed by atoms with Crippen LogP contribution in [0, 0.1) is 5.82 Å². The predicted octanol–water partition coefficient (Wildman–Crippen LogP) is 1.62. The number of rotatable bonds is 3. The number of methoxy groups -OCH3 is 1. The molecule has 3 aromatic rings. The minimum absolute atomic E-state index is 0.0457. The number of nitrogens with one attached hydrogen (secondary N) is 1. The first-order valence-electron chi connectivity index (χ1n) is 6.61. The second kappa shape index (κ2) is 5.84.